The number of aromatic amines is 1. The van der Waals surface area contributed by atoms with Crippen LogP contribution in [0.1, 0.15) is 5.56 Å². The van der Waals surface area contributed by atoms with Crippen molar-refractivity contribution in [1.82, 2.24) is 15.0 Å². The molecular weight excluding hydrogens is 473 g/mol. The third kappa shape index (κ3) is 3.93. The Morgan fingerprint density at radius 2 is 1.58 bits per heavy atom. The molecule has 3 aromatic carbocycles. The van der Waals surface area contributed by atoms with Gasteiger partial charge in [-0.25, -0.2) is 17.8 Å². The maximum atomic E-state index is 13.7. The van der Waals surface area contributed by atoms with E-state index in [2.05, 4.69) is 15.0 Å². The van der Waals surface area contributed by atoms with Crippen molar-refractivity contribution in [3.8, 4) is 22.3 Å². The van der Waals surface area contributed by atoms with E-state index in [0.717, 1.165) is 38.5 Å². The maximum absolute atomic E-state index is 13.7. The summed E-state index contributed by atoms with van der Waals surface area (Å²) in [5.74, 6) is -0.426. The van der Waals surface area contributed by atoms with E-state index in [1.807, 2.05) is 30.3 Å². The van der Waals surface area contributed by atoms with E-state index < -0.39 is 9.84 Å². The molecule has 0 amide bonds. The topological polar surface area (TPSA) is 75.7 Å². The highest BCUT2D eigenvalue weighted by Gasteiger charge is 2.19. The van der Waals surface area contributed by atoms with E-state index in [-0.39, 0.29) is 11.6 Å². The highest BCUT2D eigenvalue weighted by molar-refractivity contribution is 7.90. The number of hydrogen-bond donors (Lipinski definition) is 1. The normalized spacial score (nSPS) is 11.8. The Morgan fingerprint density at radius 3 is 2.33 bits per heavy atom. The van der Waals surface area contributed by atoms with Crippen LogP contribution in [0.15, 0.2) is 108 Å². The predicted octanol–water partition coefficient (Wildman–Crippen LogP) is 6.56. The Kier molecular flexibility index (Phi) is 5.34. The van der Waals surface area contributed by atoms with Gasteiger partial charge in [0.25, 0.3) is 0 Å². The number of rotatable bonds is 5. The van der Waals surface area contributed by atoms with Crippen LogP contribution in [0.3, 0.4) is 0 Å². The summed E-state index contributed by atoms with van der Waals surface area (Å²) in [7, 11) is -3.51. The molecule has 0 bridgehead atoms. The summed E-state index contributed by atoms with van der Waals surface area (Å²) in [5, 5.41) is 1.74. The SMILES string of the molecule is O=S(=O)(Cc1ccc2[nH]c3ncc(-c4ccc(F)cc4)c(-c4ccncc4)c3c2c1)c1ccccc1. The van der Waals surface area contributed by atoms with Crippen LogP contribution in [-0.2, 0) is 15.6 Å². The van der Waals surface area contributed by atoms with Crippen LogP contribution in [-0.4, -0.2) is 23.4 Å². The summed E-state index contributed by atoms with van der Waals surface area (Å²) in [4.78, 5) is 12.5. The predicted molar refractivity (Wildman–Crippen MR) is 140 cm³/mol. The molecule has 3 aromatic heterocycles. The molecule has 6 rings (SSSR count). The van der Waals surface area contributed by atoms with Crippen LogP contribution < -0.4 is 0 Å². The zero-order valence-electron chi connectivity index (χ0n) is 19.0. The number of sulfone groups is 1. The average Bonchev–Trinajstić information content (AvgIpc) is 3.27. The van der Waals surface area contributed by atoms with Crippen molar-refractivity contribution >= 4 is 31.8 Å². The number of pyridine rings is 2. The summed E-state index contributed by atoms with van der Waals surface area (Å²) in [6.45, 7) is 0. The molecule has 0 saturated carbocycles. The minimum absolute atomic E-state index is 0.116. The number of nitrogens with zero attached hydrogens (tertiary/aromatic N) is 2. The van der Waals surface area contributed by atoms with Gasteiger partial charge < -0.3 is 4.98 Å². The average molecular weight is 494 g/mol. The Balaban J connectivity index is 1.58. The Bertz CT molecular complexity index is 1820. The molecule has 176 valence electrons. The van der Waals surface area contributed by atoms with E-state index in [9.17, 15) is 12.8 Å². The summed E-state index contributed by atoms with van der Waals surface area (Å²) in [6, 6.07) is 24.2. The van der Waals surface area contributed by atoms with Crippen LogP contribution in [0.5, 0.6) is 0 Å². The standard InChI is InChI=1S/C29H20FN3O2S/c30-22-9-7-20(8-10-22)25-17-32-29-28(27(25)21-12-14-31-15-13-21)24-16-19(6-11-26(24)33-29)18-36(34,35)23-4-2-1-3-5-23/h1-17H,18H2,(H,32,33). The zero-order valence-corrected chi connectivity index (χ0v) is 19.8. The number of benzene rings is 3. The molecule has 0 aliphatic heterocycles. The summed E-state index contributed by atoms with van der Waals surface area (Å²) in [5.41, 5.74) is 5.74. The first-order chi connectivity index (χ1) is 17.5. The molecule has 0 unspecified atom stereocenters. The first-order valence-electron chi connectivity index (χ1n) is 11.4. The van der Waals surface area contributed by atoms with Gasteiger partial charge >= 0.3 is 0 Å². The lowest BCUT2D eigenvalue weighted by Gasteiger charge is -2.12. The molecule has 0 spiro atoms. The second kappa shape index (κ2) is 8.70. The number of hydrogen-bond acceptors (Lipinski definition) is 4. The van der Waals surface area contributed by atoms with Gasteiger partial charge in [-0.1, -0.05) is 36.4 Å². The Labute approximate surface area is 207 Å². The molecule has 5 nitrogen and oxygen atoms in total. The largest absolute Gasteiger partial charge is 0.339 e. The van der Waals surface area contributed by atoms with Gasteiger partial charge in [0.15, 0.2) is 9.84 Å². The highest BCUT2D eigenvalue weighted by atomic mass is 32.2. The molecule has 7 heteroatoms. The van der Waals surface area contributed by atoms with Gasteiger partial charge in [-0.15, -0.1) is 0 Å². The maximum Gasteiger partial charge on any atom is 0.182 e. The fraction of sp³-hybridized carbons (Fsp3) is 0.0345. The quantitative estimate of drug-likeness (QED) is 0.295. The van der Waals surface area contributed by atoms with Gasteiger partial charge in [-0.05, 0) is 65.2 Å². The minimum atomic E-state index is -3.51. The molecule has 6 aromatic rings. The van der Waals surface area contributed by atoms with Crippen LogP contribution in [0.25, 0.3) is 44.2 Å². The summed E-state index contributed by atoms with van der Waals surface area (Å²) in [6.07, 6.45) is 5.23. The number of aromatic nitrogens is 3. The third-order valence-corrected chi connectivity index (χ3v) is 7.97. The van der Waals surface area contributed by atoms with Gasteiger partial charge in [0.1, 0.15) is 11.5 Å². The first-order valence-corrected chi connectivity index (χ1v) is 13.0. The molecule has 0 saturated heterocycles. The molecule has 0 atom stereocenters. The third-order valence-electron chi connectivity index (χ3n) is 6.27. The molecule has 1 N–H and O–H groups in total. The smallest absolute Gasteiger partial charge is 0.182 e. The fourth-order valence-corrected chi connectivity index (χ4v) is 5.95. The Hall–Kier alpha value is -4.36. The summed E-state index contributed by atoms with van der Waals surface area (Å²) >= 11 is 0. The van der Waals surface area contributed by atoms with Crippen LogP contribution in [0, 0.1) is 5.82 Å². The summed E-state index contributed by atoms with van der Waals surface area (Å²) < 4.78 is 39.7. The van der Waals surface area contributed by atoms with Crippen molar-refractivity contribution in [2.75, 3.05) is 0 Å². The molecule has 0 fully saturated rings. The molecule has 0 aliphatic rings. The van der Waals surface area contributed by atoms with Crippen molar-refractivity contribution in [2.24, 2.45) is 0 Å². The van der Waals surface area contributed by atoms with E-state index in [0.29, 0.717) is 16.1 Å². The second-order valence-corrected chi connectivity index (χ2v) is 10.6. The minimum Gasteiger partial charge on any atom is -0.339 e. The molecule has 0 aliphatic carbocycles. The number of H-pyrrole nitrogens is 1. The van der Waals surface area contributed by atoms with Crippen molar-refractivity contribution in [3.05, 3.63) is 115 Å². The molecule has 3 heterocycles. The van der Waals surface area contributed by atoms with Crippen LogP contribution >= 0.6 is 0 Å². The lowest BCUT2D eigenvalue weighted by atomic mass is 9.93. The van der Waals surface area contributed by atoms with Gasteiger partial charge in [0.2, 0.25) is 0 Å². The number of nitrogens with one attached hydrogen (secondary N) is 1. The Morgan fingerprint density at radius 1 is 0.833 bits per heavy atom. The molecule has 0 radical (unpaired) electrons. The number of halogens is 1. The lowest BCUT2D eigenvalue weighted by Crippen LogP contribution is -2.04. The van der Waals surface area contributed by atoms with Crippen molar-refractivity contribution in [2.45, 2.75) is 10.6 Å². The van der Waals surface area contributed by atoms with Crippen molar-refractivity contribution < 1.29 is 12.8 Å². The van der Waals surface area contributed by atoms with Gasteiger partial charge in [0.05, 0.1) is 10.6 Å². The first kappa shape index (κ1) is 22.1. The van der Waals surface area contributed by atoms with E-state index in [4.69, 9.17) is 0 Å². The molecular formula is C29H20FN3O2S. The van der Waals surface area contributed by atoms with E-state index in [1.165, 1.54) is 12.1 Å². The van der Waals surface area contributed by atoms with Crippen LogP contribution in [0.4, 0.5) is 4.39 Å². The van der Waals surface area contributed by atoms with Crippen molar-refractivity contribution in [1.29, 1.82) is 0 Å². The van der Waals surface area contributed by atoms with Crippen molar-refractivity contribution in [3.63, 3.8) is 0 Å². The fourth-order valence-electron chi connectivity index (χ4n) is 4.59. The number of fused-ring (bicyclic) bond motifs is 3. The van der Waals surface area contributed by atoms with Crippen LogP contribution in [0.2, 0.25) is 0 Å². The zero-order chi connectivity index (χ0) is 24.7. The van der Waals surface area contributed by atoms with Gasteiger partial charge in [-0.2, -0.15) is 0 Å². The highest BCUT2D eigenvalue weighted by Crippen LogP contribution is 2.40. The van der Waals surface area contributed by atoms with E-state index >= 15 is 0 Å². The molecule has 36 heavy (non-hydrogen) atoms. The lowest BCUT2D eigenvalue weighted by molar-refractivity contribution is 0.595. The monoisotopic (exact) mass is 493 g/mol. The van der Waals surface area contributed by atoms with Gasteiger partial charge in [-0.3, -0.25) is 4.98 Å². The van der Waals surface area contributed by atoms with E-state index in [1.54, 1.807) is 61.1 Å². The van der Waals surface area contributed by atoms with Gasteiger partial charge in [0, 0.05) is 46.0 Å². The second-order valence-electron chi connectivity index (χ2n) is 8.59.